The van der Waals surface area contributed by atoms with Crippen molar-refractivity contribution in [3.63, 3.8) is 0 Å². The lowest BCUT2D eigenvalue weighted by Crippen LogP contribution is -2.47. The van der Waals surface area contributed by atoms with Gasteiger partial charge >= 0.3 is 6.03 Å². The largest absolute Gasteiger partial charge is 0.326 e. The van der Waals surface area contributed by atoms with Crippen LogP contribution in [0.3, 0.4) is 0 Å². The van der Waals surface area contributed by atoms with Crippen LogP contribution in [0.25, 0.3) is 0 Å². The van der Waals surface area contributed by atoms with E-state index in [9.17, 15) is 22.8 Å². The van der Waals surface area contributed by atoms with Gasteiger partial charge in [0, 0.05) is 51.9 Å². The second kappa shape index (κ2) is 9.11. The molecule has 0 aromatic heterocycles. The summed E-state index contributed by atoms with van der Waals surface area (Å²) in [7, 11) is -0.116. The number of imide groups is 1. The zero-order valence-corrected chi connectivity index (χ0v) is 18.0. The van der Waals surface area contributed by atoms with Crippen LogP contribution in [0, 0.1) is 0 Å². The van der Waals surface area contributed by atoms with Gasteiger partial charge < -0.3 is 15.1 Å². The maximum Gasteiger partial charge on any atom is 0.326 e. The fraction of sp³-hybridized carbons (Fsp3) is 0.526. The zero-order valence-electron chi connectivity index (χ0n) is 17.2. The van der Waals surface area contributed by atoms with Gasteiger partial charge in [0.05, 0.1) is 4.90 Å². The van der Waals surface area contributed by atoms with Gasteiger partial charge in [-0.1, -0.05) is 6.07 Å². The molecule has 1 N–H and O–H groups in total. The lowest BCUT2D eigenvalue weighted by Gasteiger charge is -2.31. The summed E-state index contributed by atoms with van der Waals surface area (Å²) >= 11 is 0. The molecule has 3 rings (SSSR count). The molecule has 4 amide bonds. The predicted molar refractivity (Wildman–Crippen MR) is 110 cm³/mol. The summed E-state index contributed by atoms with van der Waals surface area (Å²) in [5, 5.41) is 2.69. The average Bonchev–Trinajstić information content (AvgIpc) is 2.94. The molecule has 2 aliphatic heterocycles. The Hall–Kier alpha value is -2.50. The van der Waals surface area contributed by atoms with Gasteiger partial charge in [0.15, 0.2) is 0 Å². The standard InChI is InChI=1S/C19H27N5O5S/c1-21-9-11-23(12-10-21)30(28,29)16-6-3-5-15(13-16)20-17(25)7-4-8-24-18(26)14-22(2)19(24)27/h3,5-6,13H,4,7-12,14H2,1-2H3,(H,20,25). The number of nitrogens with one attached hydrogen (secondary N) is 1. The summed E-state index contributed by atoms with van der Waals surface area (Å²) in [5.41, 5.74) is 0.392. The Morgan fingerprint density at radius 2 is 1.80 bits per heavy atom. The zero-order chi connectivity index (χ0) is 21.9. The average molecular weight is 438 g/mol. The lowest BCUT2D eigenvalue weighted by molar-refractivity contribution is -0.125. The van der Waals surface area contributed by atoms with Crippen LogP contribution in [0.1, 0.15) is 12.8 Å². The van der Waals surface area contributed by atoms with Gasteiger partial charge in [0.25, 0.3) is 0 Å². The van der Waals surface area contributed by atoms with Crippen LogP contribution in [-0.4, -0.2) is 98.6 Å². The number of piperazine rings is 1. The van der Waals surface area contributed by atoms with Crippen molar-refractivity contribution in [1.82, 2.24) is 19.0 Å². The second-order valence-corrected chi connectivity index (χ2v) is 9.51. The lowest BCUT2D eigenvalue weighted by atomic mass is 10.2. The van der Waals surface area contributed by atoms with Crippen LogP contribution < -0.4 is 5.32 Å². The number of nitrogens with zero attached hydrogens (tertiary/aromatic N) is 4. The van der Waals surface area contributed by atoms with Gasteiger partial charge in [-0.25, -0.2) is 13.2 Å². The molecule has 164 valence electrons. The highest BCUT2D eigenvalue weighted by Crippen LogP contribution is 2.21. The number of carbonyl (C=O) groups is 3. The van der Waals surface area contributed by atoms with Crippen molar-refractivity contribution >= 4 is 33.6 Å². The molecule has 0 aliphatic carbocycles. The molecule has 1 aromatic rings. The quantitative estimate of drug-likeness (QED) is 0.612. The maximum atomic E-state index is 12.9. The van der Waals surface area contributed by atoms with E-state index in [4.69, 9.17) is 0 Å². The van der Waals surface area contributed by atoms with Crippen molar-refractivity contribution in [1.29, 1.82) is 0 Å². The Morgan fingerprint density at radius 3 is 2.43 bits per heavy atom. The van der Waals surface area contributed by atoms with E-state index in [0.717, 1.165) is 4.90 Å². The van der Waals surface area contributed by atoms with Crippen molar-refractivity contribution in [3.05, 3.63) is 24.3 Å². The van der Waals surface area contributed by atoms with Crippen molar-refractivity contribution in [3.8, 4) is 0 Å². The molecular formula is C19H27N5O5S. The third-order valence-corrected chi connectivity index (χ3v) is 7.13. The Kier molecular flexibility index (Phi) is 6.74. The molecule has 0 unspecified atom stereocenters. The smallest absolute Gasteiger partial charge is 0.326 e. The number of hydrogen-bond acceptors (Lipinski definition) is 6. The summed E-state index contributed by atoms with van der Waals surface area (Å²) in [6.45, 7) is 2.44. The third-order valence-electron chi connectivity index (χ3n) is 5.23. The summed E-state index contributed by atoms with van der Waals surface area (Å²) in [6.07, 6.45) is 0.437. The number of carbonyl (C=O) groups excluding carboxylic acids is 3. The highest BCUT2D eigenvalue weighted by Gasteiger charge is 2.33. The molecule has 1 aromatic carbocycles. The van der Waals surface area contributed by atoms with Crippen LogP contribution in [0.15, 0.2) is 29.2 Å². The number of rotatable bonds is 7. The van der Waals surface area contributed by atoms with Crippen molar-refractivity contribution in [2.24, 2.45) is 0 Å². The molecule has 0 bridgehead atoms. The highest BCUT2D eigenvalue weighted by atomic mass is 32.2. The highest BCUT2D eigenvalue weighted by molar-refractivity contribution is 7.89. The number of anilines is 1. The third kappa shape index (κ3) is 4.97. The minimum Gasteiger partial charge on any atom is -0.326 e. The minimum absolute atomic E-state index is 0.0552. The maximum absolute atomic E-state index is 12.9. The summed E-state index contributed by atoms with van der Waals surface area (Å²) in [6, 6.07) is 5.83. The first kappa shape index (κ1) is 22.2. The minimum atomic E-state index is -3.62. The van der Waals surface area contributed by atoms with Gasteiger partial charge in [0.2, 0.25) is 21.8 Å². The first-order chi connectivity index (χ1) is 14.2. The molecule has 10 nitrogen and oxygen atoms in total. The molecule has 11 heteroatoms. The van der Waals surface area contributed by atoms with Crippen LogP contribution >= 0.6 is 0 Å². The number of likely N-dealkylation sites (N-methyl/N-ethyl adjacent to an activating group) is 2. The summed E-state index contributed by atoms with van der Waals surface area (Å²) < 4.78 is 27.2. The van der Waals surface area contributed by atoms with Gasteiger partial charge in [-0.15, -0.1) is 0 Å². The van der Waals surface area contributed by atoms with E-state index in [1.807, 2.05) is 7.05 Å². The number of sulfonamides is 1. The molecule has 2 heterocycles. The van der Waals surface area contributed by atoms with E-state index < -0.39 is 10.0 Å². The predicted octanol–water partition coefficient (Wildman–Crippen LogP) is 0.235. The van der Waals surface area contributed by atoms with E-state index >= 15 is 0 Å². The Balaban J connectivity index is 1.55. The Morgan fingerprint density at radius 1 is 1.10 bits per heavy atom. The topological polar surface area (TPSA) is 110 Å². The van der Waals surface area contributed by atoms with Crippen LogP contribution in [0.5, 0.6) is 0 Å². The molecule has 0 saturated carbocycles. The van der Waals surface area contributed by atoms with E-state index in [1.165, 1.54) is 21.3 Å². The van der Waals surface area contributed by atoms with Gasteiger partial charge in [-0.3, -0.25) is 14.5 Å². The van der Waals surface area contributed by atoms with E-state index in [0.29, 0.717) is 38.3 Å². The van der Waals surface area contributed by atoms with Crippen molar-refractivity contribution in [2.45, 2.75) is 17.7 Å². The molecule has 0 atom stereocenters. The fourth-order valence-electron chi connectivity index (χ4n) is 3.42. The number of amides is 4. The first-order valence-corrected chi connectivity index (χ1v) is 11.3. The molecule has 2 saturated heterocycles. The number of benzene rings is 1. The van der Waals surface area contributed by atoms with E-state index in [-0.39, 0.29) is 42.3 Å². The molecular weight excluding hydrogens is 410 g/mol. The monoisotopic (exact) mass is 437 g/mol. The molecule has 0 radical (unpaired) electrons. The summed E-state index contributed by atoms with van der Waals surface area (Å²) in [5.74, 6) is -0.582. The number of urea groups is 1. The second-order valence-electron chi connectivity index (χ2n) is 7.57. The van der Waals surface area contributed by atoms with Gasteiger partial charge in [-0.05, 0) is 31.7 Å². The van der Waals surface area contributed by atoms with E-state index in [2.05, 4.69) is 10.2 Å². The van der Waals surface area contributed by atoms with Crippen molar-refractivity contribution in [2.75, 3.05) is 58.7 Å². The van der Waals surface area contributed by atoms with Gasteiger partial charge in [0.1, 0.15) is 6.54 Å². The fourth-order valence-corrected chi connectivity index (χ4v) is 4.89. The normalized spacial score (nSPS) is 18.9. The molecule has 2 fully saturated rings. The van der Waals surface area contributed by atoms with Crippen molar-refractivity contribution < 1.29 is 22.8 Å². The SMILES string of the molecule is CN1CCN(S(=O)(=O)c2cccc(NC(=O)CCCN3C(=O)CN(C)C3=O)c2)CC1. The number of hydrogen-bond donors (Lipinski definition) is 1. The van der Waals surface area contributed by atoms with E-state index in [1.54, 1.807) is 19.2 Å². The Bertz CT molecular complexity index is 927. The molecule has 30 heavy (non-hydrogen) atoms. The van der Waals surface area contributed by atoms with Crippen LogP contribution in [0.2, 0.25) is 0 Å². The molecule has 0 spiro atoms. The van der Waals surface area contributed by atoms with Crippen LogP contribution in [0.4, 0.5) is 10.5 Å². The van der Waals surface area contributed by atoms with Crippen LogP contribution in [-0.2, 0) is 19.6 Å². The summed E-state index contributed by atoms with van der Waals surface area (Å²) in [4.78, 5) is 40.5. The molecule has 2 aliphatic rings. The van der Waals surface area contributed by atoms with Gasteiger partial charge in [-0.2, -0.15) is 4.31 Å². The Labute approximate surface area is 176 Å². The first-order valence-electron chi connectivity index (χ1n) is 9.82.